The summed E-state index contributed by atoms with van der Waals surface area (Å²) in [5, 5.41) is 0. The average Bonchev–Trinajstić information content (AvgIpc) is 2.97. The number of carbonyl (C=O) groups is 2. The van der Waals surface area contributed by atoms with Gasteiger partial charge < -0.3 is 9.64 Å². The third-order valence-electron chi connectivity index (χ3n) is 4.31. The van der Waals surface area contributed by atoms with E-state index in [2.05, 4.69) is 0 Å². The van der Waals surface area contributed by atoms with E-state index in [0.29, 0.717) is 6.54 Å². The van der Waals surface area contributed by atoms with Gasteiger partial charge in [-0.15, -0.1) is 0 Å². The highest BCUT2D eigenvalue weighted by molar-refractivity contribution is 5.99. The molecule has 4 nitrogen and oxygen atoms in total. The van der Waals surface area contributed by atoms with Crippen LogP contribution >= 0.6 is 0 Å². The van der Waals surface area contributed by atoms with Crippen LogP contribution in [0.4, 0.5) is 5.69 Å². The summed E-state index contributed by atoms with van der Waals surface area (Å²) in [6, 6.07) is 15.6. The number of benzene rings is 2. The molecule has 1 aliphatic rings. The lowest BCUT2D eigenvalue weighted by molar-refractivity contribution is -0.149. The standard InChI is InChI=1S/C20H21NO3/c1-14-3-7-16(8-4-14)13-24-20(23)17-11-19(22)21(12-17)18-9-5-15(2)6-10-18/h3-10,17H,11-13H2,1-2H3/t17-/m0/s1. The first-order valence-electron chi connectivity index (χ1n) is 8.12. The Morgan fingerprint density at radius 2 is 1.62 bits per heavy atom. The largest absolute Gasteiger partial charge is 0.461 e. The minimum Gasteiger partial charge on any atom is -0.461 e. The number of carbonyl (C=O) groups excluding carboxylic acids is 2. The third-order valence-corrected chi connectivity index (χ3v) is 4.31. The van der Waals surface area contributed by atoms with E-state index in [4.69, 9.17) is 4.74 Å². The van der Waals surface area contributed by atoms with Gasteiger partial charge >= 0.3 is 5.97 Å². The number of rotatable bonds is 4. The molecule has 24 heavy (non-hydrogen) atoms. The topological polar surface area (TPSA) is 46.6 Å². The fourth-order valence-corrected chi connectivity index (χ4v) is 2.80. The average molecular weight is 323 g/mol. The SMILES string of the molecule is Cc1ccc(COC(=O)[C@H]2CC(=O)N(c3ccc(C)cc3)C2)cc1. The summed E-state index contributed by atoms with van der Waals surface area (Å²) in [5.74, 6) is -0.737. The minimum absolute atomic E-state index is 0.0314. The second kappa shape index (κ2) is 6.87. The molecule has 3 rings (SSSR count). The molecule has 0 N–H and O–H groups in total. The van der Waals surface area contributed by atoms with E-state index >= 15 is 0 Å². The van der Waals surface area contributed by atoms with Crippen molar-refractivity contribution in [2.24, 2.45) is 5.92 Å². The van der Waals surface area contributed by atoms with Gasteiger partial charge in [-0.1, -0.05) is 47.5 Å². The Bertz CT molecular complexity index is 734. The molecule has 1 atom stereocenters. The Morgan fingerprint density at radius 3 is 2.25 bits per heavy atom. The van der Waals surface area contributed by atoms with Crippen LogP contribution in [0.2, 0.25) is 0 Å². The predicted octanol–water partition coefficient (Wildman–Crippen LogP) is 3.40. The molecule has 1 aliphatic heterocycles. The van der Waals surface area contributed by atoms with E-state index in [1.54, 1.807) is 4.90 Å². The molecule has 0 saturated carbocycles. The van der Waals surface area contributed by atoms with E-state index in [-0.39, 0.29) is 24.9 Å². The molecular formula is C20H21NO3. The van der Waals surface area contributed by atoms with Gasteiger partial charge in [0.15, 0.2) is 0 Å². The van der Waals surface area contributed by atoms with Gasteiger partial charge in [0.25, 0.3) is 0 Å². The number of aryl methyl sites for hydroxylation is 2. The number of esters is 1. The molecule has 0 aromatic heterocycles. The Morgan fingerprint density at radius 1 is 1.04 bits per heavy atom. The van der Waals surface area contributed by atoms with Crippen molar-refractivity contribution in [3.8, 4) is 0 Å². The first-order chi connectivity index (χ1) is 11.5. The van der Waals surface area contributed by atoms with Crippen molar-refractivity contribution in [1.82, 2.24) is 0 Å². The monoisotopic (exact) mass is 323 g/mol. The highest BCUT2D eigenvalue weighted by atomic mass is 16.5. The number of nitrogens with zero attached hydrogens (tertiary/aromatic N) is 1. The second-order valence-electron chi connectivity index (χ2n) is 6.33. The van der Waals surface area contributed by atoms with Crippen LogP contribution in [-0.2, 0) is 20.9 Å². The highest BCUT2D eigenvalue weighted by Crippen LogP contribution is 2.26. The van der Waals surface area contributed by atoms with E-state index in [9.17, 15) is 9.59 Å². The molecule has 0 spiro atoms. The Kier molecular flexibility index (Phi) is 4.65. The Hall–Kier alpha value is -2.62. The maximum atomic E-state index is 12.3. The highest BCUT2D eigenvalue weighted by Gasteiger charge is 2.36. The maximum Gasteiger partial charge on any atom is 0.311 e. The van der Waals surface area contributed by atoms with Crippen molar-refractivity contribution in [2.45, 2.75) is 26.9 Å². The summed E-state index contributed by atoms with van der Waals surface area (Å²) < 4.78 is 5.39. The van der Waals surface area contributed by atoms with Crippen molar-refractivity contribution in [1.29, 1.82) is 0 Å². The third kappa shape index (κ3) is 3.65. The lowest BCUT2D eigenvalue weighted by Crippen LogP contribution is -2.26. The smallest absolute Gasteiger partial charge is 0.311 e. The zero-order valence-corrected chi connectivity index (χ0v) is 14.0. The summed E-state index contributed by atoms with van der Waals surface area (Å²) in [4.78, 5) is 26.1. The van der Waals surface area contributed by atoms with E-state index in [1.165, 1.54) is 5.56 Å². The molecule has 0 radical (unpaired) electrons. The van der Waals surface area contributed by atoms with Crippen LogP contribution in [0.25, 0.3) is 0 Å². The minimum atomic E-state index is -0.399. The zero-order chi connectivity index (χ0) is 17.1. The molecule has 1 saturated heterocycles. The van der Waals surface area contributed by atoms with Crippen LogP contribution in [0.15, 0.2) is 48.5 Å². The molecule has 2 aromatic rings. The van der Waals surface area contributed by atoms with Crippen LogP contribution < -0.4 is 4.90 Å². The Labute approximate surface area is 142 Å². The van der Waals surface area contributed by atoms with E-state index in [0.717, 1.165) is 16.8 Å². The summed E-state index contributed by atoms with van der Waals surface area (Å²) in [5.41, 5.74) is 4.09. The van der Waals surface area contributed by atoms with Crippen LogP contribution in [0.1, 0.15) is 23.1 Å². The van der Waals surface area contributed by atoms with Gasteiger partial charge in [-0.2, -0.15) is 0 Å². The fraction of sp³-hybridized carbons (Fsp3) is 0.300. The van der Waals surface area contributed by atoms with Gasteiger partial charge in [-0.3, -0.25) is 9.59 Å². The Balaban J connectivity index is 1.59. The molecule has 1 heterocycles. The fourth-order valence-electron chi connectivity index (χ4n) is 2.80. The number of amides is 1. The molecular weight excluding hydrogens is 302 g/mol. The normalized spacial score (nSPS) is 17.2. The van der Waals surface area contributed by atoms with Crippen molar-refractivity contribution in [2.75, 3.05) is 11.4 Å². The van der Waals surface area contributed by atoms with Crippen molar-refractivity contribution in [3.05, 3.63) is 65.2 Å². The number of hydrogen-bond donors (Lipinski definition) is 0. The predicted molar refractivity (Wildman–Crippen MR) is 92.6 cm³/mol. The second-order valence-corrected chi connectivity index (χ2v) is 6.33. The van der Waals surface area contributed by atoms with Crippen molar-refractivity contribution in [3.63, 3.8) is 0 Å². The van der Waals surface area contributed by atoms with E-state index < -0.39 is 5.92 Å². The van der Waals surface area contributed by atoms with Gasteiger partial charge in [0, 0.05) is 18.7 Å². The number of hydrogen-bond acceptors (Lipinski definition) is 3. The quantitative estimate of drug-likeness (QED) is 0.810. The molecule has 0 unspecified atom stereocenters. The van der Waals surface area contributed by atoms with Crippen LogP contribution in [-0.4, -0.2) is 18.4 Å². The van der Waals surface area contributed by atoms with E-state index in [1.807, 2.05) is 62.4 Å². The summed E-state index contributed by atoms with van der Waals surface area (Å²) in [7, 11) is 0. The maximum absolute atomic E-state index is 12.3. The van der Waals surface area contributed by atoms with Gasteiger partial charge in [-0.05, 0) is 31.5 Å². The molecule has 1 amide bonds. The number of ether oxygens (including phenoxy) is 1. The molecule has 1 fully saturated rings. The molecule has 124 valence electrons. The summed E-state index contributed by atoms with van der Waals surface area (Å²) >= 11 is 0. The van der Waals surface area contributed by atoms with Crippen molar-refractivity contribution >= 4 is 17.6 Å². The molecule has 2 aromatic carbocycles. The molecule has 0 aliphatic carbocycles. The van der Waals surface area contributed by atoms with Gasteiger partial charge in [0.1, 0.15) is 6.61 Å². The molecule has 0 bridgehead atoms. The van der Waals surface area contributed by atoms with Gasteiger partial charge in [-0.25, -0.2) is 0 Å². The first-order valence-corrected chi connectivity index (χ1v) is 8.12. The summed E-state index contributed by atoms with van der Waals surface area (Å²) in [6.07, 6.45) is 0.209. The molecule has 4 heteroatoms. The lowest BCUT2D eigenvalue weighted by atomic mass is 10.1. The number of anilines is 1. The lowest BCUT2D eigenvalue weighted by Gasteiger charge is -2.16. The summed E-state index contributed by atoms with van der Waals surface area (Å²) in [6.45, 7) is 4.64. The van der Waals surface area contributed by atoms with Gasteiger partial charge in [0.2, 0.25) is 5.91 Å². The zero-order valence-electron chi connectivity index (χ0n) is 14.0. The first kappa shape index (κ1) is 16.2. The van der Waals surface area contributed by atoms with Crippen LogP contribution in [0.3, 0.4) is 0 Å². The van der Waals surface area contributed by atoms with Crippen LogP contribution in [0.5, 0.6) is 0 Å². The van der Waals surface area contributed by atoms with Crippen LogP contribution in [0, 0.1) is 19.8 Å². The van der Waals surface area contributed by atoms with Gasteiger partial charge in [0.05, 0.1) is 5.92 Å². The van der Waals surface area contributed by atoms with Crippen molar-refractivity contribution < 1.29 is 14.3 Å².